The van der Waals surface area contributed by atoms with Crippen LogP contribution in [-0.4, -0.2) is 5.91 Å². The molecule has 1 fully saturated rings. The van der Waals surface area contributed by atoms with Crippen LogP contribution in [0, 0.1) is 15.4 Å². The summed E-state index contributed by atoms with van der Waals surface area (Å²) >= 11 is 2.25. The van der Waals surface area contributed by atoms with E-state index in [0.29, 0.717) is 5.92 Å². The lowest BCUT2D eigenvalue weighted by atomic mass is 9.97. The maximum Gasteiger partial charge on any atom is 0.227 e. The van der Waals surface area contributed by atoms with E-state index in [1.165, 1.54) is 12.8 Å². The second-order valence-corrected chi connectivity index (χ2v) is 5.76. The number of halogens is 1. The number of amides is 1. The van der Waals surface area contributed by atoms with E-state index in [1.807, 2.05) is 24.3 Å². The highest BCUT2D eigenvalue weighted by molar-refractivity contribution is 14.1. The summed E-state index contributed by atoms with van der Waals surface area (Å²) in [7, 11) is 0. The summed E-state index contributed by atoms with van der Waals surface area (Å²) in [5.41, 5.74) is 0.913. The zero-order chi connectivity index (χ0) is 11.5. The minimum atomic E-state index is 0.187. The van der Waals surface area contributed by atoms with Gasteiger partial charge in [0.25, 0.3) is 0 Å². The van der Waals surface area contributed by atoms with Crippen molar-refractivity contribution in [1.29, 1.82) is 0 Å². The quantitative estimate of drug-likeness (QED) is 0.824. The van der Waals surface area contributed by atoms with Crippen LogP contribution >= 0.6 is 22.6 Å². The van der Waals surface area contributed by atoms with E-state index in [-0.39, 0.29) is 11.8 Å². The normalized spacial score (nSPS) is 24.4. The first kappa shape index (κ1) is 11.9. The number of nitrogens with one attached hydrogen (secondary N) is 1. The van der Waals surface area contributed by atoms with Crippen LogP contribution in [0.4, 0.5) is 5.69 Å². The molecule has 1 N–H and O–H groups in total. The van der Waals surface area contributed by atoms with Crippen LogP contribution in [0.3, 0.4) is 0 Å². The van der Waals surface area contributed by atoms with E-state index < -0.39 is 0 Å². The molecule has 1 aromatic rings. The van der Waals surface area contributed by atoms with Crippen molar-refractivity contribution in [3.8, 4) is 0 Å². The second kappa shape index (κ2) is 5.17. The Balaban J connectivity index is 2.02. The highest BCUT2D eigenvalue weighted by Crippen LogP contribution is 2.32. The smallest absolute Gasteiger partial charge is 0.227 e. The molecule has 1 amide bonds. The van der Waals surface area contributed by atoms with Crippen LogP contribution in [-0.2, 0) is 4.79 Å². The van der Waals surface area contributed by atoms with Gasteiger partial charge in [0.2, 0.25) is 5.91 Å². The summed E-state index contributed by atoms with van der Waals surface area (Å²) in [4.78, 5) is 12.0. The predicted octanol–water partition coefficient (Wildman–Crippen LogP) is 3.67. The number of benzene rings is 1. The van der Waals surface area contributed by atoms with Gasteiger partial charge in [-0.3, -0.25) is 4.79 Å². The van der Waals surface area contributed by atoms with Gasteiger partial charge in [0.05, 0.1) is 0 Å². The number of carbonyl (C=O) groups excluding carboxylic acids is 1. The molecular weight excluding hydrogens is 313 g/mol. The third-order valence-electron chi connectivity index (χ3n) is 3.29. The summed E-state index contributed by atoms with van der Waals surface area (Å²) in [5.74, 6) is 0.924. The Morgan fingerprint density at radius 2 is 2.25 bits per heavy atom. The predicted molar refractivity (Wildman–Crippen MR) is 74.3 cm³/mol. The fraction of sp³-hybridized carbons (Fsp3) is 0.462. The van der Waals surface area contributed by atoms with Gasteiger partial charge in [-0.2, -0.15) is 0 Å². The Kier molecular flexibility index (Phi) is 3.84. The van der Waals surface area contributed by atoms with Gasteiger partial charge in [0.15, 0.2) is 0 Å². The van der Waals surface area contributed by atoms with Gasteiger partial charge in [-0.1, -0.05) is 19.4 Å². The Labute approximate surface area is 110 Å². The lowest BCUT2D eigenvalue weighted by Gasteiger charge is -2.15. The van der Waals surface area contributed by atoms with Crippen LogP contribution in [0.2, 0.25) is 0 Å². The standard InChI is InChI=1S/C13H16INO/c1-9-4-2-7-12(9)13(16)15-11-6-3-5-10(14)8-11/h3,5-6,8-9,12H,2,4,7H2,1H3,(H,15,16). The van der Waals surface area contributed by atoms with Crippen LogP contribution in [0.15, 0.2) is 24.3 Å². The molecule has 0 radical (unpaired) electrons. The number of anilines is 1. The zero-order valence-electron chi connectivity index (χ0n) is 9.37. The van der Waals surface area contributed by atoms with Gasteiger partial charge in [0.1, 0.15) is 0 Å². The molecule has 2 rings (SSSR count). The van der Waals surface area contributed by atoms with E-state index in [4.69, 9.17) is 0 Å². The molecular formula is C13H16INO. The molecule has 2 atom stereocenters. The molecule has 1 aliphatic carbocycles. The molecule has 3 heteroatoms. The van der Waals surface area contributed by atoms with E-state index in [2.05, 4.69) is 34.8 Å². The van der Waals surface area contributed by atoms with Crippen molar-refractivity contribution in [3.63, 3.8) is 0 Å². The highest BCUT2D eigenvalue weighted by atomic mass is 127. The first-order valence-corrected chi connectivity index (χ1v) is 6.81. The lowest BCUT2D eigenvalue weighted by Crippen LogP contribution is -2.24. The van der Waals surface area contributed by atoms with Gasteiger partial charge in [-0.05, 0) is 59.5 Å². The maximum absolute atomic E-state index is 12.0. The van der Waals surface area contributed by atoms with E-state index in [9.17, 15) is 4.79 Å². The van der Waals surface area contributed by atoms with Crippen molar-refractivity contribution < 1.29 is 4.79 Å². The molecule has 0 saturated heterocycles. The molecule has 1 aliphatic rings. The summed E-state index contributed by atoms with van der Waals surface area (Å²) in [6.07, 6.45) is 3.41. The minimum Gasteiger partial charge on any atom is -0.326 e. The second-order valence-electron chi connectivity index (χ2n) is 4.51. The monoisotopic (exact) mass is 329 g/mol. The Morgan fingerprint density at radius 1 is 1.44 bits per heavy atom. The molecule has 2 unspecified atom stereocenters. The zero-order valence-corrected chi connectivity index (χ0v) is 11.5. The van der Waals surface area contributed by atoms with Crippen molar-refractivity contribution in [2.75, 3.05) is 5.32 Å². The summed E-state index contributed by atoms with van der Waals surface area (Å²) in [6.45, 7) is 2.17. The molecule has 0 spiro atoms. The fourth-order valence-electron chi connectivity index (χ4n) is 2.34. The molecule has 0 aromatic heterocycles. The topological polar surface area (TPSA) is 29.1 Å². The van der Waals surface area contributed by atoms with Crippen LogP contribution < -0.4 is 5.32 Å². The summed E-state index contributed by atoms with van der Waals surface area (Å²) in [5, 5.41) is 3.01. The van der Waals surface area contributed by atoms with Gasteiger partial charge >= 0.3 is 0 Å². The molecule has 1 saturated carbocycles. The van der Waals surface area contributed by atoms with Gasteiger partial charge < -0.3 is 5.32 Å². The van der Waals surface area contributed by atoms with E-state index >= 15 is 0 Å². The highest BCUT2D eigenvalue weighted by Gasteiger charge is 2.29. The third kappa shape index (κ3) is 2.75. The lowest BCUT2D eigenvalue weighted by molar-refractivity contribution is -0.120. The van der Waals surface area contributed by atoms with Crippen LogP contribution in [0.25, 0.3) is 0 Å². The first-order chi connectivity index (χ1) is 7.66. The van der Waals surface area contributed by atoms with Crippen molar-refractivity contribution in [2.24, 2.45) is 11.8 Å². The van der Waals surface area contributed by atoms with Crippen LogP contribution in [0.1, 0.15) is 26.2 Å². The number of rotatable bonds is 2. The molecule has 0 heterocycles. The number of hydrogen-bond donors (Lipinski definition) is 1. The first-order valence-electron chi connectivity index (χ1n) is 5.73. The molecule has 0 aliphatic heterocycles. The molecule has 86 valence electrons. The van der Waals surface area contributed by atoms with Crippen molar-refractivity contribution in [3.05, 3.63) is 27.8 Å². The molecule has 0 bridgehead atoms. The molecule has 1 aromatic carbocycles. The van der Waals surface area contributed by atoms with E-state index in [0.717, 1.165) is 15.7 Å². The van der Waals surface area contributed by atoms with Gasteiger partial charge in [-0.15, -0.1) is 0 Å². The molecule has 16 heavy (non-hydrogen) atoms. The van der Waals surface area contributed by atoms with Gasteiger partial charge in [0, 0.05) is 15.2 Å². The van der Waals surface area contributed by atoms with Crippen molar-refractivity contribution >= 4 is 34.2 Å². The molecule has 2 nitrogen and oxygen atoms in total. The van der Waals surface area contributed by atoms with Crippen molar-refractivity contribution in [1.82, 2.24) is 0 Å². The summed E-state index contributed by atoms with van der Waals surface area (Å²) < 4.78 is 1.15. The SMILES string of the molecule is CC1CCCC1C(=O)Nc1cccc(I)c1. The average molecular weight is 329 g/mol. The Hall–Kier alpha value is -0.580. The fourth-order valence-corrected chi connectivity index (χ4v) is 2.88. The number of carbonyl (C=O) groups is 1. The van der Waals surface area contributed by atoms with E-state index in [1.54, 1.807) is 0 Å². The maximum atomic E-state index is 12.0. The number of hydrogen-bond acceptors (Lipinski definition) is 1. The third-order valence-corrected chi connectivity index (χ3v) is 3.96. The average Bonchev–Trinajstić information content (AvgIpc) is 2.64. The Bertz CT molecular complexity index is 391. The van der Waals surface area contributed by atoms with Crippen LogP contribution in [0.5, 0.6) is 0 Å². The summed E-state index contributed by atoms with van der Waals surface area (Å²) in [6, 6.07) is 7.93. The Morgan fingerprint density at radius 3 is 2.88 bits per heavy atom. The van der Waals surface area contributed by atoms with Crippen molar-refractivity contribution in [2.45, 2.75) is 26.2 Å². The minimum absolute atomic E-state index is 0.187. The van der Waals surface area contributed by atoms with Gasteiger partial charge in [-0.25, -0.2) is 0 Å². The largest absolute Gasteiger partial charge is 0.326 e.